The third kappa shape index (κ3) is 4.12. The molecule has 104 valence electrons. The van der Waals surface area contributed by atoms with E-state index in [0.29, 0.717) is 11.4 Å². The van der Waals surface area contributed by atoms with Gasteiger partial charge >= 0.3 is 0 Å². The number of phenols is 1. The van der Waals surface area contributed by atoms with E-state index in [0.717, 1.165) is 3.57 Å². The highest BCUT2D eigenvalue weighted by Gasteiger charge is 2.14. The molecule has 1 atom stereocenters. The molecular weight excluding hydrogens is 369 g/mol. The van der Waals surface area contributed by atoms with Gasteiger partial charge in [-0.1, -0.05) is 6.07 Å². The third-order valence-electron chi connectivity index (χ3n) is 2.61. The molecule has 0 aliphatic rings. The summed E-state index contributed by atoms with van der Waals surface area (Å²) in [6, 6.07) is 13.9. The number of benzene rings is 2. The van der Waals surface area contributed by atoms with Crippen LogP contribution in [0, 0.1) is 3.57 Å². The summed E-state index contributed by atoms with van der Waals surface area (Å²) in [5.41, 5.74) is 0.535. The average Bonchev–Trinajstić information content (AvgIpc) is 2.41. The molecular formula is C15H14INO3. The topological polar surface area (TPSA) is 58.6 Å². The van der Waals surface area contributed by atoms with E-state index in [2.05, 4.69) is 27.9 Å². The second-order valence-corrected chi connectivity index (χ2v) is 5.50. The van der Waals surface area contributed by atoms with Crippen LogP contribution in [-0.2, 0) is 4.79 Å². The average molecular weight is 383 g/mol. The number of carbonyl (C=O) groups excluding carboxylic acids is 1. The SMILES string of the molecule is CC(Oc1ccc(I)cc1)C(=O)Nc1cccc(O)c1. The third-order valence-corrected chi connectivity index (χ3v) is 3.33. The van der Waals surface area contributed by atoms with E-state index in [-0.39, 0.29) is 11.7 Å². The molecule has 4 nitrogen and oxygen atoms in total. The smallest absolute Gasteiger partial charge is 0.265 e. The van der Waals surface area contributed by atoms with Crippen LogP contribution < -0.4 is 10.1 Å². The predicted molar refractivity (Wildman–Crippen MR) is 86.0 cm³/mol. The molecule has 2 N–H and O–H groups in total. The van der Waals surface area contributed by atoms with E-state index < -0.39 is 6.10 Å². The highest BCUT2D eigenvalue weighted by molar-refractivity contribution is 14.1. The Morgan fingerprint density at radius 3 is 2.60 bits per heavy atom. The molecule has 1 amide bonds. The Bertz CT molecular complexity index is 598. The number of anilines is 1. The van der Waals surface area contributed by atoms with Gasteiger partial charge in [-0.3, -0.25) is 4.79 Å². The van der Waals surface area contributed by atoms with Crippen molar-refractivity contribution < 1.29 is 14.6 Å². The lowest BCUT2D eigenvalue weighted by Crippen LogP contribution is -2.30. The predicted octanol–water partition coefficient (Wildman–Crippen LogP) is 3.40. The van der Waals surface area contributed by atoms with Gasteiger partial charge in [-0.05, 0) is 65.9 Å². The minimum atomic E-state index is -0.627. The Balaban J connectivity index is 1.96. The van der Waals surface area contributed by atoms with Crippen molar-refractivity contribution in [1.29, 1.82) is 0 Å². The second-order valence-electron chi connectivity index (χ2n) is 4.25. The highest BCUT2D eigenvalue weighted by Crippen LogP contribution is 2.17. The lowest BCUT2D eigenvalue weighted by Gasteiger charge is -2.14. The first kappa shape index (κ1) is 14.6. The quantitative estimate of drug-likeness (QED) is 0.796. The van der Waals surface area contributed by atoms with Crippen molar-refractivity contribution in [3.8, 4) is 11.5 Å². The summed E-state index contributed by atoms with van der Waals surface area (Å²) in [5.74, 6) is 0.479. The number of hydrogen-bond donors (Lipinski definition) is 2. The van der Waals surface area contributed by atoms with Gasteiger partial charge in [0.25, 0.3) is 5.91 Å². The van der Waals surface area contributed by atoms with Gasteiger partial charge in [0, 0.05) is 15.3 Å². The molecule has 0 bridgehead atoms. The Morgan fingerprint density at radius 2 is 1.95 bits per heavy atom. The number of amides is 1. The fraction of sp³-hybridized carbons (Fsp3) is 0.133. The number of rotatable bonds is 4. The summed E-state index contributed by atoms with van der Waals surface area (Å²) < 4.78 is 6.66. The summed E-state index contributed by atoms with van der Waals surface area (Å²) in [4.78, 5) is 12.0. The second kappa shape index (κ2) is 6.60. The van der Waals surface area contributed by atoms with Crippen LogP contribution in [0.1, 0.15) is 6.92 Å². The van der Waals surface area contributed by atoms with E-state index in [1.807, 2.05) is 24.3 Å². The molecule has 20 heavy (non-hydrogen) atoms. The summed E-state index contributed by atoms with van der Waals surface area (Å²) in [7, 11) is 0. The largest absolute Gasteiger partial charge is 0.508 e. The maximum atomic E-state index is 12.0. The Morgan fingerprint density at radius 1 is 1.25 bits per heavy atom. The van der Waals surface area contributed by atoms with Crippen molar-refractivity contribution in [3.05, 3.63) is 52.1 Å². The van der Waals surface area contributed by atoms with Crippen molar-refractivity contribution in [2.45, 2.75) is 13.0 Å². The molecule has 0 spiro atoms. The maximum absolute atomic E-state index is 12.0. The number of carbonyl (C=O) groups is 1. The summed E-state index contributed by atoms with van der Waals surface area (Å²) in [6.45, 7) is 1.68. The molecule has 2 rings (SSSR count). The maximum Gasteiger partial charge on any atom is 0.265 e. The zero-order chi connectivity index (χ0) is 14.5. The van der Waals surface area contributed by atoms with Crippen LogP contribution in [0.5, 0.6) is 11.5 Å². The molecule has 2 aromatic rings. The zero-order valence-electron chi connectivity index (χ0n) is 10.8. The van der Waals surface area contributed by atoms with Crippen LogP contribution >= 0.6 is 22.6 Å². The van der Waals surface area contributed by atoms with Gasteiger partial charge in [0.2, 0.25) is 0 Å². The fourth-order valence-electron chi connectivity index (χ4n) is 1.60. The van der Waals surface area contributed by atoms with Gasteiger partial charge < -0.3 is 15.2 Å². The van der Waals surface area contributed by atoms with Crippen molar-refractivity contribution in [2.75, 3.05) is 5.32 Å². The van der Waals surface area contributed by atoms with E-state index in [1.165, 1.54) is 6.07 Å². The molecule has 0 saturated heterocycles. The molecule has 0 fully saturated rings. The van der Waals surface area contributed by atoms with E-state index in [4.69, 9.17) is 4.74 Å². The number of nitrogens with one attached hydrogen (secondary N) is 1. The molecule has 0 aromatic heterocycles. The molecule has 2 aromatic carbocycles. The monoisotopic (exact) mass is 383 g/mol. The molecule has 1 unspecified atom stereocenters. The van der Waals surface area contributed by atoms with Crippen molar-refractivity contribution in [2.24, 2.45) is 0 Å². The Hall–Kier alpha value is -1.76. The van der Waals surface area contributed by atoms with E-state index >= 15 is 0 Å². The molecule has 0 heterocycles. The van der Waals surface area contributed by atoms with Gasteiger partial charge in [-0.15, -0.1) is 0 Å². The highest BCUT2D eigenvalue weighted by atomic mass is 127. The van der Waals surface area contributed by atoms with Gasteiger partial charge in [-0.2, -0.15) is 0 Å². The normalized spacial score (nSPS) is 11.7. The van der Waals surface area contributed by atoms with Crippen molar-refractivity contribution >= 4 is 34.2 Å². The Labute approximate surface area is 130 Å². The standard InChI is InChI=1S/C15H14INO3/c1-10(20-14-7-5-11(16)6-8-14)15(19)17-12-3-2-4-13(18)9-12/h2-10,18H,1H3,(H,17,19). The van der Waals surface area contributed by atoms with E-state index in [1.54, 1.807) is 25.1 Å². The molecule has 0 aliphatic heterocycles. The van der Waals surface area contributed by atoms with Crippen LogP contribution in [0.3, 0.4) is 0 Å². The first-order valence-electron chi connectivity index (χ1n) is 6.07. The van der Waals surface area contributed by atoms with Crippen LogP contribution in [0.4, 0.5) is 5.69 Å². The molecule has 5 heteroatoms. The minimum Gasteiger partial charge on any atom is -0.508 e. The minimum absolute atomic E-state index is 0.106. The number of ether oxygens (including phenoxy) is 1. The number of phenolic OH excluding ortho intramolecular Hbond substituents is 1. The lowest BCUT2D eigenvalue weighted by atomic mass is 10.2. The van der Waals surface area contributed by atoms with E-state index in [9.17, 15) is 9.90 Å². The number of halogens is 1. The van der Waals surface area contributed by atoms with Gasteiger partial charge in [0.15, 0.2) is 6.10 Å². The lowest BCUT2D eigenvalue weighted by molar-refractivity contribution is -0.122. The summed E-state index contributed by atoms with van der Waals surface area (Å²) in [6.07, 6.45) is -0.627. The Kier molecular flexibility index (Phi) is 4.84. The van der Waals surface area contributed by atoms with Crippen LogP contribution in [0.2, 0.25) is 0 Å². The number of hydrogen-bond acceptors (Lipinski definition) is 3. The van der Waals surface area contributed by atoms with Crippen molar-refractivity contribution in [1.82, 2.24) is 0 Å². The van der Waals surface area contributed by atoms with Crippen LogP contribution in [0.15, 0.2) is 48.5 Å². The van der Waals surface area contributed by atoms with Crippen LogP contribution in [-0.4, -0.2) is 17.1 Å². The summed E-state index contributed by atoms with van der Waals surface area (Å²) in [5, 5.41) is 12.0. The van der Waals surface area contributed by atoms with Gasteiger partial charge in [0.05, 0.1) is 0 Å². The fourth-order valence-corrected chi connectivity index (χ4v) is 1.96. The molecule has 0 radical (unpaired) electrons. The molecule has 0 aliphatic carbocycles. The van der Waals surface area contributed by atoms with Crippen molar-refractivity contribution in [3.63, 3.8) is 0 Å². The number of aromatic hydroxyl groups is 1. The van der Waals surface area contributed by atoms with Gasteiger partial charge in [0.1, 0.15) is 11.5 Å². The van der Waals surface area contributed by atoms with Gasteiger partial charge in [-0.25, -0.2) is 0 Å². The zero-order valence-corrected chi connectivity index (χ0v) is 13.0. The summed E-state index contributed by atoms with van der Waals surface area (Å²) >= 11 is 2.20. The first-order valence-corrected chi connectivity index (χ1v) is 7.14. The van der Waals surface area contributed by atoms with Crippen LogP contribution in [0.25, 0.3) is 0 Å². The molecule has 0 saturated carbocycles. The first-order chi connectivity index (χ1) is 9.54.